The van der Waals surface area contributed by atoms with Gasteiger partial charge in [0.05, 0.1) is 4.92 Å². The van der Waals surface area contributed by atoms with E-state index < -0.39 is 10.9 Å². The molecule has 0 bridgehead atoms. The van der Waals surface area contributed by atoms with Gasteiger partial charge in [0.25, 0.3) is 5.69 Å². The highest BCUT2D eigenvalue weighted by atomic mass is 16.6. The molecular weight excluding hydrogens is 314 g/mol. The van der Waals surface area contributed by atoms with Crippen molar-refractivity contribution >= 4 is 17.4 Å². The fourth-order valence-electron chi connectivity index (χ4n) is 1.96. The Hall–Kier alpha value is -3.22. The minimum atomic E-state index is -0.622. The number of esters is 1. The molecule has 0 N–H and O–H groups in total. The summed E-state index contributed by atoms with van der Waals surface area (Å²) in [4.78, 5) is 33.1. The molecule has 0 fully saturated rings. The lowest BCUT2D eigenvalue weighted by molar-refractivity contribution is -0.384. The maximum absolute atomic E-state index is 11.8. The van der Waals surface area contributed by atoms with Crippen LogP contribution in [0.2, 0.25) is 0 Å². The lowest BCUT2D eigenvalue weighted by Gasteiger charge is -2.09. The van der Waals surface area contributed by atoms with Gasteiger partial charge in [-0.25, -0.2) is 4.79 Å². The number of carbonyl (C=O) groups excluding carboxylic acids is 2. The molecule has 2 aromatic rings. The van der Waals surface area contributed by atoms with E-state index in [1.165, 1.54) is 37.3 Å². The summed E-state index contributed by atoms with van der Waals surface area (Å²) in [6.45, 7) is 2.75. The molecule has 0 saturated carbocycles. The summed E-state index contributed by atoms with van der Waals surface area (Å²) in [5.41, 5.74) is 1.02. The second-order valence-electron chi connectivity index (χ2n) is 5.05. The van der Waals surface area contributed by atoms with Crippen molar-refractivity contribution in [1.82, 2.24) is 0 Å². The molecule has 0 aromatic heterocycles. The number of hydrogen-bond donors (Lipinski definition) is 0. The third-order valence-electron chi connectivity index (χ3n) is 3.21. The van der Waals surface area contributed by atoms with Crippen LogP contribution in [-0.4, -0.2) is 23.3 Å². The number of Topliss-reactive ketones (excluding diaryl/α,β-unsaturated/α-hetero) is 1. The first-order chi connectivity index (χ1) is 11.4. The Bertz CT molecular complexity index is 782. The van der Waals surface area contributed by atoms with Crippen molar-refractivity contribution in [2.45, 2.75) is 13.8 Å². The maximum Gasteiger partial charge on any atom is 0.349 e. The normalized spacial score (nSPS) is 10.1. The number of nitrogens with zero attached hydrogens (tertiary/aromatic N) is 1. The van der Waals surface area contributed by atoms with E-state index in [1.54, 1.807) is 19.1 Å². The highest BCUT2D eigenvalue weighted by Gasteiger charge is 2.11. The maximum atomic E-state index is 11.8. The van der Waals surface area contributed by atoms with Crippen LogP contribution in [-0.2, 0) is 4.79 Å². The van der Waals surface area contributed by atoms with E-state index in [0.29, 0.717) is 22.6 Å². The van der Waals surface area contributed by atoms with Gasteiger partial charge < -0.3 is 9.47 Å². The van der Waals surface area contributed by atoms with Crippen LogP contribution >= 0.6 is 0 Å². The van der Waals surface area contributed by atoms with Crippen LogP contribution in [0.4, 0.5) is 5.69 Å². The minimum Gasteiger partial charge on any atom is -0.482 e. The predicted molar refractivity (Wildman–Crippen MR) is 85.4 cm³/mol. The van der Waals surface area contributed by atoms with E-state index in [0.717, 1.165) is 0 Å². The van der Waals surface area contributed by atoms with Gasteiger partial charge in [-0.15, -0.1) is 0 Å². The van der Waals surface area contributed by atoms with Crippen LogP contribution in [0.15, 0.2) is 42.5 Å². The van der Waals surface area contributed by atoms with Gasteiger partial charge in [-0.05, 0) is 49.7 Å². The van der Waals surface area contributed by atoms with Gasteiger partial charge in [0.1, 0.15) is 11.5 Å². The number of nitro benzene ring substituents is 1. The van der Waals surface area contributed by atoms with E-state index >= 15 is 0 Å². The number of ether oxygens (including phenoxy) is 2. The van der Waals surface area contributed by atoms with Crippen LogP contribution < -0.4 is 9.47 Å². The van der Waals surface area contributed by atoms with E-state index in [-0.39, 0.29) is 18.1 Å². The molecule has 0 amide bonds. The van der Waals surface area contributed by atoms with Crippen molar-refractivity contribution in [3.8, 4) is 11.5 Å². The van der Waals surface area contributed by atoms with E-state index in [4.69, 9.17) is 9.47 Å². The largest absolute Gasteiger partial charge is 0.482 e. The van der Waals surface area contributed by atoms with Crippen LogP contribution in [0.5, 0.6) is 11.5 Å². The molecule has 2 rings (SSSR count). The van der Waals surface area contributed by atoms with Crippen molar-refractivity contribution in [3.05, 3.63) is 63.7 Å². The Kier molecular flexibility index (Phi) is 5.26. The van der Waals surface area contributed by atoms with Crippen molar-refractivity contribution < 1.29 is 24.0 Å². The first-order valence-corrected chi connectivity index (χ1v) is 7.06. The molecule has 7 nitrogen and oxygen atoms in total. The summed E-state index contributed by atoms with van der Waals surface area (Å²) < 4.78 is 10.4. The summed E-state index contributed by atoms with van der Waals surface area (Å²) in [6.07, 6.45) is 0. The zero-order valence-corrected chi connectivity index (χ0v) is 13.1. The summed E-state index contributed by atoms with van der Waals surface area (Å²) in [5, 5.41) is 10.7. The van der Waals surface area contributed by atoms with Crippen LogP contribution in [0.3, 0.4) is 0 Å². The van der Waals surface area contributed by atoms with Crippen LogP contribution in [0, 0.1) is 17.0 Å². The summed E-state index contributed by atoms with van der Waals surface area (Å²) in [6, 6.07) is 10.3. The summed E-state index contributed by atoms with van der Waals surface area (Å²) >= 11 is 0. The highest BCUT2D eigenvalue weighted by Crippen LogP contribution is 2.23. The standard InChI is InChI=1S/C17H15NO6/c1-11-9-14(18(21)22)5-8-16(11)23-10-17(20)24-15-6-3-13(4-7-15)12(2)19/h3-9H,10H2,1-2H3. The molecule has 124 valence electrons. The number of benzene rings is 2. The average molecular weight is 329 g/mol. The minimum absolute atomic E-state index is 0.0482. The quantitative estimate of drug-likeness (QED) is 0.266. The molecular formula is C17H15NO6. The predicted octanol–water partition coefficient (Wildman–Crippen LogP) is 3.09. The number of rotatable bonds is 6. The highest BCUT2D eigenvalue weighted by molar-refractivity contribution is 5.94. The number of carbonyl (C=O) groups is 2. The number of non-ortho nitro benzene ring substituents is 1. The lowest BCUT2D eigenvalue weighted by Crippen LogP contribution is -2.18. The molecule has 24 heavy (non-hydrogen) atoms. The summed E-state index contributed by atoms with van der Waals surface area (Å²) in [5.74, 6) is -0.0355. The topological polar surface area (TPSA) is 95.7 Å². The molecule has 0 spiro atoms. The van der Waals surface area contributed by atoms with Gasteiger partial charge in [0.15, 0.2) is 12.4 Å². The van der Waals surface area contributed by atoms with E-state index in [2.05, 4.69) is 0 Å². The lowest BCUT2D eigenvalue weighted by atomic mass is 10.1. The molecule has 0 aliphatic carbocycles. The fraction of sp³-hybridized carbons (Fsp3) is 0.176. The van der Waals surface area contributed by atoms with Gasteiger partial charge in [-0.1, -0.05) is 0 Å². The molecule has 0 aliphatic rings. The second-order valence-corrected chi connectivity index (χ2v) is 5.05. The Morgan fingerprint density at radius 3 is 2.33 bits per heavy atom. The Balaban J connectivity index is 1.93. The average Bonchev–Trinajstić information content (AvgIpc) is 2.54. The van der Waals surface area contributed by atoms with Crippen LogP contribution in [0.1, 0.15) is 22.8 Å². The third-order valence-corrected chi connectivity index (χ3v) is 3.21. The first-order valence-electron chi connectivity index (χ1n) is 7.06. The summed E-state index contributed by atoms with van der Waals surface area (Å²) in [7, 11) is 0. The van der Waals surface area contributed by atoms with Gasteiger partial charge in [-0.3, -0.25) is 14.9 Å². The van der Waals surface area contributed by atoms with E-state index in [1.807, 2.05) is 0 Å². The second kappa shape index (κ2) is 7.36. The number of ketones is 1. The van der Waals surface area contributed by atoms with Gasteiger partial charge in [0, 0.05) is 17.7 Å². The van der Waals surface area contributed by atoms with Crippen molar-refractivity contribution in [3.63, 3.8) is 0 Å². The number of nitro groups is 1. The van der Waals surface area contributed by atoms with Crippen molar-refractivity contribution in [1.29, 1.82) is 0 Å². The molecule has 0 aliphatic heterocycles. The van der Waals surface area contributed by atoms with Gasteiger partial charge in [-0.2, -0.15) is 0 Å². The fourth-order valence-corrected chi connectivity index (χ4v) is 1.96. The smallest absolute Gasteiger partial charge is 0.349 e. The molecule has 0 saturated heterocycles. The zero-order valence-electron chi connectivity index (χ0n) is 13.1. The molecule has 0 atom stereocenters. The van der Waals surface area contributed by atoms with Crippen molar-refractivity contribution in [2.24, 2.45) is 0 Å². The molecule has 7 heteroatoms. The van der Waals surface area contributed by atoms with Gasteiger partial charge in [0.2, 0.25) is 0 Å². The number of aryl methyl sites for hydroxylation is 1. The Morgan fingerprint density at radius 1 is 1.12 bits per heavy atom. The zero-order chi connectivity index (χ0) is 17.7. The molecule has 0 radical (unpaired) electrons. The van der Waals surface area contributed by atoms with Crippen molar-refractivity contribution in [2.75, 3.05) is 6.61 Å². The Morgan fingerprint density at radius 2 is 1.79 bits per heavy atom. The van der Waals surface area contributed by atoms with Gasteiger partial charge >= 0.3 is 5.97 Å². The Labute approximate surface area is 138 Å². The number of hydrogen-bond acceptors (Lipinski definition) is 6. The molecule has 0 unspecified atom stereocenters. The third kappa shape index (κ3) is 4.39. The first kappa shape index (κ1) is 17.1. The monoisotopic (exact) mass is 329 g/mol. The molecule has 0 heterocycles. The van der Waals surface area contributed by atoms with Crippen LogP contribution in [0.25, 0.3) is 0 Å². The SMILES string of the molecule is CC(=O)c1ccc(OC(=O)COc2ccc([N+](=O)[O-])cc2C)cc1. The van der Waals surface area contributed by atoms with E-state index in [9.17, 15) is 19.7 Å². The molecule has 2 aromatic carbocycles.